The molecule has 0 amide bonds. The summed E-state index contributed by atoms with van der Waals surface area (Å²) < 4.78 is 6.22. The number of unbranched alkanes of at least 4 members (excludes halogenated alkanes) is 10. The second kappa shape index (κ2) is 18.8. The zero-order chi connectivity index (χ0) is 17.9. The van der Waals surface area contributed by atoms with Gasteiger partial charge in [-0.15, -0.1) is 0 Å². The Morgan fingerprint density at radius 3 is 1.75 bits per heavy atom. The van der Waals surface area contributed by atoms with E-state index in [0.29, 0.717) is 6.10 Å². The number of hydrogen-bond donors (Lipinski definition) is 1. The Bertz CT molecular complexity index is 251. The van der Waals surface area contributed by atoms with Gasteiger partial charge in [-0.1, -0.05) is 78.2 Å². The molecule has 24 heavy (non-hydrogen) atoms. The van der Waals surface area contributed by atoms with Gasteiger partial charge in [0.1, 0.15) is 0 Å². The van der Waals surface area contributed by atoms with E-state index in [9.17, 15) is 0 Å². The molecule has 0 atom stereocenters. The van der Waals surface area contributed by atoms with E-state index in [-0.39, 0.29) is 0 Å². The van der Waals surface area contributed by atoms with Crippen molar-refractivity contribution in [3.8, 4) is 0 Å². The molecule has 0 saturated heterocycles. The molecule has 0 heterocycles. The summed E-state index contributed by atoms with van der Waals surface area (Å²) >= 11 is 0. The van der Waals surface area contributed by atoms with Crippen molar-refractivity contribution >= 4 is 0 Å². The van der Waals surface area contributed by atoms with Crippen LogP contribution in [0.1, 0.15) is 117 Å². The molecule has 0 aliphatic rings. The normalized spacial score (nSPS) is 11.2. The molecule has 0 aromatic heterocycles. The summed E-state index contributed by atoms with van der Waals surface area (Å²) in [6.45, 7) is 9.50. The van der Waals surface area contributed by atoms with Gasteiger partial charge in [0.25, 0.3) is 0 Å². The van der Waals surface area contributed by atoms with Crippen LogP contribution in [-0.2, 0) is 4.74 Å². The van der Waals surface area contributed by atoms with Crippen LogP contribution in [0.4, 0.5) is 0 Å². The SMILES string of the molecule is C=C(CCCCCN)OC(CCCCCCC)CCCCCCC. The summed E-state index contributed by atoms with van der Waals surface area (Å²) in [5.41, 5.74) is 5.55. The maximum atomic E-state index is 6.22. The third-order valence-corrected chi connectivity index (χ3v) is 4.75. The highest BCUT2D eigenvalue weighted by atomic mass is 16.5. The Kier molecular flexibility index (Phi) is 18.4. The predicted octanol–water partition coefficient (Wildman–Crippen LogP) is 7.13. The van der Waals surface area contributed by atoms with Crippen molar-refractivity contribution in [2.24, 2.45) is 5.73 Å². The lowest BCUT2D eigenvalue weighted by atomic mass is 10.0. The Morgan fingerprint density at radius 2 is 1.25 bits per heavy atom. The molecule has 0 saturated carbocycles. The van der Waals surface area contributed by atoms with Crippen molar-refractivity contribution in [2.75, 3.05) is 6.54 Å². The third kappa shape index (κ3) is 16.4. The van der Waals surface area contributed by atoms with E-state index in [1.54, 1.807) is 0 Å². The lowest BCUT2D eigenvalue weighted by Crippen LogP contribution is -2.13. The first kappa shape index (κ1) is 23.5. The summed E-state index contributed by atoms with van der Waals surface area (Å²) in [4.78, 5) is 0. The minimum absolute atomic E-state index is 0.398. The van der Waals surface area contributed by atoms with E-state index in [1.165, 1.54) is 83.5 Å². The second-order valence-corrected chi connectivity index (χ2v) is 7.28. The lowest BCUT2D eigenvalue weighted by molar-refractivity contribution is 0.0895. The average Bonchev–Trinajstić information content (AvgIpc) is 2.58. The van der Waals surface area contributed by atoms with Gasteiger partial charge in [0.15, 0.2) is 0 Å². The largest absolute Gasteiger partial charge is 0.495 e. The molecule has 0 aliphatic heterocycles. The van der Waals surface area contributed by atoms with Crippen molar-refractivity contribution in [2.45, 2.75) is 123 Å². The molecule has 0 aromatic rings. The maximum Gasteiger partial charge on any atom is 0.0982 e. The zero-order valence-corrected chi connectivity index (χ0v) is 16.8. The Labute approximate surface area is 152 Å². The van der Waals surface area contributed by atoms with Gasteiger partial charge in [-0.3, -0.25) is 0 Å². The number of nitrogens with two attached hydrogens (primary N) is 1. The van der Waals surface area contributed by atoms with Gasteiger partial charge in [-0.2, -0.15) is 0 Å². The van der Waals surface area contributed by atoms with Crippen LogP contribution >= 0.6 is 0 Å². The van der Waals surface area contributed by atoms with Gasteiger partial charge in [0.2, 0.25) is 0 Å². The fourth-order valence-corrected chi connectivity index (χ4v) is 3.15. The third-order valence-electron chi connectivity index (χ3n) is 4.75. The monoisotopic (exact) mass is 339 g/mol. The van der Waals surface area contributed by atoms with Crippen molar-refractivity contribution in [3.05, 3.63) is 12.3 Å². The highest BCUT2D eigenvalue weighted by Crippen LogP contribution is 2.20. The van der Waals surface area contributed by atoms with E-state index in [1.807, 2.05) is 0 Å². The summed E-state index contributed by atoms with van der Waals surface area (Å²) in [5.74, 6) is 0.999. The first-order chi connectivity index (χ1) is 11.7. The van der Waals surface area contributed by atoms with Crippen molar-refractivity contribution < 1.29 is 4.74 Å². The predicted molar refractivity (Wildman–Crippen MR) is 108 cm³/mol. The quantitative estimate of drug-likeness (QED) is 0.201. The van der Waals surface area contributed by atoms with Gasteiger partial charge in [0.05, 0.1) is 11.9 Å². The van der Waals surface area contributed by atoms with Crippen LogP contribution in [0.2, 0.25) is 0 Å². The van der Waals surface area contributed by atoms with E-state index < -0.39 is 0 Å². The molecule has 0 rings (SSSR count). The molecule has 2 heteroatoms. The molecule has 2 N–H and O–H groups in total. The molecular formula is C22H45NO. The molecule has 0 fully saturated rings. The Balaban J connectivity index is 3.97. The van der Waals surface area contributed by atoms with Crippen LogP contribution in [0.3, 0.4) is 0 Å². The van der Waals surface area contributed by atoms with Gasteiger partial charge >= 0.3 is 0 Å². The molecule has 0 unspecified atom stereocenters. The first-order valence-corrected chi connectivity index (χ1v) is 10.8. The molecule has 144 valence electrons. The molecular weight excluding hydrogens is 294 g/mol. The second-order valence-electron chi connectivity index (χ2n) is 7.28. The molecule has 0 radical (unpaired) electrons. The summed E-state index contributed by atoms with van der Waals surface area (Å²) in [5, 5.41) is 0. The molecule has 0 aromatic carbocycles. The van der Waals surface area contributed by atoms with Crippen LogP contribution in [0, 0.1) is 0 Å². The molecule has 0 bridgehead atoms. The van der Waals surface area contributed by atoms with Gasteiger partial charge in [-0.25, -0.2) is 0 Å². The first-order valence-electron chi connectivity index (χ1n) is 10.8. The average molecular weight is 340 g/mol. The standard InChI is InChI=1S/C22H45NO/c1-4-6-8-10-14-18-22(19-15-11-9-7-5-2)24-21(3)17-13-12-16-20-23/h22H,3-20,23H2,1-2H3. The van der Waals surface area contributed by atoms with E-state index >= 15 is 0 Å². The minimum Gasteiger partial charge on any atom is -0.495 e. The zero-order valence-electron chi connectivity index (χ0n) is 16.8. The van der Waals surface area contributed by atoms with Crippen LogP contribution < -0.4 is 5.73 Å². The van der Waals surface area contributed by atoms with E-state index in [2.05, 4.69) is 20.4 Å². The number of rotatable bonds is 19. The molecule has 2 nitrogen and oxygen atoms in total. The Hall–Kier alpha value is -0.500. The summed E-state index contributed by atoms with van der Waals surface area (Å²) in [6, 6.07) is 0. The van der Waals surface area contributed by atoms with Crippen LogP contribution in [-0.4, -0.2) is 12.6 Å². The molecule has 0 aliphatic carbocycles. The topological polar surface area (TPSA) is 35.2 Å². The van der Waals surface area contributed by atoms with Crippen LogP contribution in [0.15, 0.2) is 12.3 Å². The van der Waals surface area contributed by atoms with Gasteiger partial charge < -0.3 is 10.5 Å². The summed E-state index contributed by atoms with van der Waals surface area (Å²) in [6.07, 6.45) is 20.7. The minimum atomic E-state index is 0.398. The van der Waals surface area contributed by atoms with E-state index in [0.717, 1.165) is 31.6 Å². The highest BCUT2D eigenvalue weighted by molar-refractivity contribution is 4.84. The number of ether oxygens (including phenoxy) is 1. The van der Waals surface area contributed by atoms with Crippen LogP contribution in [0.5, 0.6) is 0 Å². The lowest BCUT2D eigenvalue weighted by Gasteiger charge is -2.21. The van der Waals surface area contributed by atoms with Gasteiger partial charge in [0, 0.05) is 6.42 Å². The maximum absolute atomic E-state index is 6.22. The fraction of sp³-hybridized carbons (Fsp3) is 0.909. The van der Waals surface area contributed by atoms with Crippen molar-refractivity contribution in [3.63, 3.8) is 0 Å². The van der Waals surface area contributed by atoms with Crippen LogP contribution in [0.25, 0.3) is 0 Å². The fourth-order valence-electron chi connectivity index (χ4n) is 3.15. The van der Waals surface area contributed by atoms with Crippen molar-refractivity contribution in [1.82, 2.24) is 0 Å². The number of hydrogen-bond acceptors (Lipinski definition) is 2. The van der Waals surface area contributed by atoms with E-state index in [4.69, 9.17) is 10.5 Å². The molecule has 0 spiro atoms. The summed E-state index contributed by atoms with van der Waals surface area (Å²) in [7, 11) is 0. The highest BCUT2D eigenvalue weighted by Gasteiger charge is 2.11. The van der Waals surface area contributed by atoms with Crippen molar-refractivity contribution in [1.29, 1.82) is 0 Å². The Morgan fingerprint density at radius 1 is 0.750 bits per heavy atom. The smallest absolute Gasteiger partial charge is 0.0982 e. The number of allylic oxidation sites excluding steroid dienone is 1. The van der Waals surface area contributed by atoms with Gasteiger partial charge in [-0.05, 0) is 45.1 Å².